The van der Waals surface area contributed by atoms with E-state index in [1.54, 1.807) is 0 Å². The van der Waals surface area contributed by atoms with Crippen LogP contribution in [0.15, 0.2) is 0 Å². The number of nitrogens with one attached hydrogen (secondary N) is 1. The van der Waals surface area contributed by atoms with E-state index in [0.29, 0.717) is 12.3 Å². The molecule has 14 heavy (non-hydrogen) atoms. The number of hydrogen-bond donors (Lipinski definition) is 1. The molecule has 0 aromatic heterocycles. The summed E-state index contributed by atoms with van der Waals surface area (Å²) in [6.07, 6.45) is 5.49. The third kappa shape index (κ3) is 3.56. The molecule has 1 aliphatic rings. The molecule has 0 aromatic carbocycles. The maximum Gasteiger partial charge on any atom is 0.112 e. The van der Waals surface area contributed by atoms with Gasteiger partial charge in [0, 0.05) is 0 Å². The quantitative estimate of drug-likeness (QED) is 0.736. The topological polar surface area (TPSA) is 12.0 Å². The van der Waals surface area contributed by atoms with Crippen molar-refractivity contribution in [2.75, 3.05) is 13.1 Å². The molecule has 1 nitrogen and oxygen atoms in total. The van der Waals surface area contributed by atoms with E-state index in [1.165, 1.54) is 0 Å². The Balaban J connectivity index is 2.44. The number of hydrogen-bond acceptors (Lipinski definition) is 1. The average molecular weight is 201 g/mol. The zero-order chi connectivity index (χ0) is 10.4. The summed E-state index contributed by atoms with van der Waals surface area (Å²) in [6, 6.07) is 0. The fourth-order valence-corrected chi connectivity index (χ4v) is 2.39. The van der Waals surface area contributed by atoms with E-state index in [1.807, 2.05) is 0 Å². The minimum atomic E-state index is -0.875. The summed E-state index contributed by atoms with van der Waals surface area (Å²) < 4.78 is 14.4. The van der Waals surface area contributed by atoms with E-state index in [-0.39, 0.29) is 0 Å². The molecule has 1 heterocycles. The Morgan fingerprint density at radius 1 is 1.21 bits per heavy atom. The van der Waals surface area contributed by atoms with Crippen molar-refractivity contribution in [2.45, 2.75) is 58.0 Å². The summed E-state index contributed by atoms with van der Waals surface area (Å²) in [5, 5.41) is 3.27. The smallest absolute Gasteiger partial charge is 0.112 e. The largest absolute Gasteiger partial charge is 0.317 e. The molecular weight excluding hydrogens is 177 g/mol. The van der Waals surface area contributed by atoms with Crippen LogP contribution in [-0.2, 0) is 0 Å². The third-order valence-electron chi connectivity index (χ3n) is 3.54. The van der Waals surface area contributed by atoms with E-state index in [4.69, 9.17) is 0 Å². The first-order chi connectivity index (χ1) is 6.70. The molecule has 2 heteroatoms. The normalized spacial score (nSPS) is 29.1. The minimum Gasteiger partial charge on any atom is -0.317 e. The lowest BCUT2D eigenvalue weighted by Crippen LogP contribution is -2.27. The van der Waals surface area contributed by atoms with Crippen molar-refractivity contribution in [1.82, 2.24) is 5.32 Å². The minimum absolute atomic E-state index is 0.582. The molecule has 1 aliphatic heterocycles. The van der Waals surface area contributed by atoms with Crippen LogP contribution in [0.5, 0.6) is 0 Å². The van der Waals surface area contributed by atoms with E-state index in [2.05, 4.69) is 19.2 Å². The molecule has 84 valence electrons. The van der Waals surface area contributed by atoms with Gasteiger partial charge in [0.25, 0.3) is 0 Å². The summed E-state index contributed by atoms with van der Waals surface area (Å²) in [6.45, 7) is 6.20. The van der Waals surface area contributed by atoms with Gasteiger partial charge in [-0.05, 0) is 44.7 Å². The molecule has 0 spiro atoms. The van der Waals surface area contributed by atoms with Crippen molar-refractivity contribution in [3.8, 4) is 0 Å². The molecule has 1 atom stereocenters. The predicted molar refractivity (Wildman–Crippen MR) is 59.2 cm³/mol. The molecule has 0 bridgehead atoms. The highest BCUT2D eigenvalue weighted by molar-refractivity contribution is 4.84. The zero-order valence-corrected chi connectivity index (χ0v) is 9.61. The summed E-state index contributed by atoms with van der Waals surface area (Å²) in [7, 11) is 0. The Hall–Kier alpha value is -0.110. The second-order valence-corrected chi connectivity index (χ2v) is 4.64. The fourth-order valence-electron chi connectivity index (χ4n) is 2.39. The summed E-state index contributed by atoms with van der Waals surface area (Å²) in [5.41, 5.74) is -0.875. The standard InChI is InChI=1S/C12H24FN/c1-3-11(4-2)10-12(13)6-5-8-14-9-7-12/h11,14H,3-10H2,1-2H3. The lowest BCUT2D eigenvalue weighted by atomic mass is 9.84. The van der Waals surface area contributed by atoms with Crippen molar-refractivity contribution in [3.05, 3.63) is 0 Å². The molecule has 0 radical (unpaired) electrons. The van der Waals surface area contributed by atoms with Crippen LogP contribution in [0.3, 0.4) is 0 Å². The van der Waals surface area contributed by atoms with Crippen LogP contribution in [0.4, 0.5) is 4.39 Å². The van der Waals surface area contributed by atoms with E-state index in [9.17, 15) is 4.39 Å². The Labute approximate surface area is 87.5 Å². The van der Waals surface area contributed by atoms with Crippen LogP contribution < -0.4 is 5.32 Å². The molecule has 0 aliphatic carbocycles. The second kappa shape index (κ2) is 5.69. The summed E-state index contributed by atoms with van der Waals surface area (Å²) in [5.74, 6) is 0.582. The zero-order valence-electron chi connectivity index (χ0n) is 9.61. The highest BCUT2D eigenvalue weighted by atomic mass is 19.1. The van der Waals surface area contributed by atoms with Gasteiger partial charge in [0.05, 0.1) is 0 Å². The van der Waals surface area contributed by atoms with Gasteiger partial charge in [-0.2, -0.15) is 0 Å². The molecule has 0 aromatic rings. The Morgan fingerprint density at radius 3 is 2.57 bits per heavy atom. The Bertz CT molecular complexity index is 146. The Kier molecular flexibility index (Phi) is 4.86. The molecule has 1 unspecified atom stereocenters. The molecular formula is C12H24FN. The molecule has 1 rings (SSSR count). The van der Waals surface area contributed by atoms with Crippen LogP contribution >= 0.6 is 0 Å². The van der Waals surface area contributed by atoms with Crippen molar-refractivity contribution >= 4 is 0 Å². The fraction of sp³-hybridized carbons (Fsp3) is 1.00. The summed E-state index contributed by atoms with van der Waals surface area (Å²) in [4.78, 5) is 0. The molecule has 1 N–H and O–H groups in total. The lowest BCUT2D eigenvalue weighted by Gasteiger charge is -2.27. The van der Waals surface area contributed by atoms with Gasteiger partial charge >= 0.3 is 0 Å². The maximum absolute atomic E-state index is 14.4. The second-order valence-electron chi connectivity index (χ2n) is 4.64. The van der Waals surface area contributed by atoms with Crippen LogP contribution in [0.1, 0.15) is 52.4 Å². The molecule has 0 saturated carbocycles. The van der Waals surface area contributed by atoms with Gasteiger partial charge in [-0.3, -0.25) is 0 Å². The lowest BCUT2D eigenvalue weighted by molar-refractivity contribution is 0.104. The van der Waals surface area contributed by atoms with Crippen molar-refractivity contribution < 1.29 is 4.39 Å². The van der Waals surface area contributed by atoms with Gasteiger partial charge in [-0.1, -0.05) is 26.7 Å². The van der Waals surface area contributed by atoms with Crippen molar-refractivity contribution in [2.24, 2.45) is 5.92 Å². The van der Waals surface area contributed by atoms with Gasteiger partial charge in [0.15, 0.2) is 0 Å². The Morgan fingerprint density at radius 2 is 1.93 bits per heavy atom. The van der Waals surface area contributed by atoms with Crippen LogP contribution in [0, 0.1) is 5.92 Å². The number of alkyl halides is 1. The van der Waals surface area contributed by atoms with Crippen molar-refractivity contribution in [3.63, 3.8) is 0 Å². The van der Waals surface area contributed by atoms with Crippen molar-refractivity contribution in [1.29, 1.82) is 0 Å². The third-order valence-corrected chi connectivity index (χ3v) is 3.54. The highest BCUT2D eigenvalue weighted by Crippen LogP contribution is 2.33. The van der Waals surface area contributed by atoms with E-state index in [0.717, 1.165) is 45.2 Å². The number of rotatable bonds is 4. The monoisotopic (exact) mass is 201 g/mol. The van der Waals surface area contributed by atoms with Gasteiger partial charge in [-0.15, -0.1) is 0 Å². The van der Waals surface area contributed by atoms with Gasteiger partial charge < -0.3 is 5.32 Å². The SMILES string of the molecule is CCC(CC)CC1(F)CCCNCC1. The summed E-state index contributed by atoms with van der Waals surface area (Å²) >= 11 is 0. The molecule has 1 saturated heterocycles. The predicted octanol–water partition coefficient (Wildman–Crippen LogP) is 3.29. The van der Waals surface area contributed by atoms with Gasteiger partial charge in [0.1, 0.15) is 5.67 Å². The first kappa shape index (κ1) is 12.0. The molecule has 0 amide bonds. The van der Waals surface area contributed by atoms with Crippen LogP contribution in [0.25, 0.3) is 0 Å². The van der Waals surface area contributed by atoms with Crippen LogP contribution in [-0.4, -0.2) is 18.8 Å². The first-order valence-electron chi connectivity index (χ1n) is 6.10. The average Bonchev–Trinajstić information content (AvgIpc) is 2.40. The van der Waals surface area contributed by atoms with E-state index < -0.39 is 5.67 Å². The highest BCUT2D eigenvalue weighted by Gasteiger charge is 2.32. The van der Waals surface area contributed by atoms with Gasteiger partial charge in [0.2, 0.25) is 0 Å². The first-order valence-corrected chi connectivity index (χ1v) is 6.10. The number of halogens is 1. The van der Waals surface area contributed by atoms with E-state index >= 15 is 0 Å². The van der Waals surface area contributed by atoms with Gasteiger partial charge in [-0.25, -0.2) is 4.39 Å². The van der Waals surface area contributed by atoms with Crippen LogP contribution in [0.2, 0.25) is 0 Å². The maximum atomic E-state index is 14.4. The molecule has 1 fully saturated rings.